The summed E-state index contributed by atoms with van der Waals surface area (Å²) in [6, 6.07) is 0. The fourth-order valence-corrected chi connectivity index (χ4v) is 0.289. The molecule has 0 atom stereocenters. The summed E-state index contributed by atoms with van der Waals surface area (Å²) in [6.07, 6.45) is 4.50. The van der Waals surface area contributed by atoms with Crippen molar-refractivity contribution in [3.05, 3.63) is 0 Å². The van der Waals surface area contributed by atoms with E-state index in [0.717, 1.165) is 0 Å². The Bertz CT molecular complexity index is 75.8. The molecule has 1 saturated carbocycles. The van der Waals surface area contributed by atoms with Crippen molar-refractivity contribution in [2.75, 3.05) is 27.3 Å². The molecule has 82 valence electrons. The normalized spacial score (nSPS) is 12.5. The molecule has 0 radical (unpaired) electrons. The van der Waals surface area contributed by atoms with Crippen LogP contribution in [0.25, 0.3) is 0 Å². The third kappa shape index (κ3) is 33.2. The van der Waals surface area contributed by atoms with Crippen LogP contribution in [0.4, 0.5) is 0 Å². The number of hydrogen-bond acceptors (Lipinski definition) is 4. The van der Waals surface area contributed by atoms with Crippen molar-refractivity contribution in [2.24, 2.45) is 11.5 Å². The van der Waals surface area contributed by atoms with Crippen molar-refractivity contribution in [2.45, 2.75) is 25.8 Å². The predicted molar refractivity (Wildman–Crippen MR) is 59.0 cm³/mol. The molecule has 0 bridgehead atoms. The minimum absolute atomic E-state index is 0.597. The van der Waals surface area contributed by atoms with Gasteiger partial charge in [-0.2, -0.15) is 0 Å². The molecule has 4 N–H and O–H groups in total. The monoisotopic (exact) mass is 208 g/mol. The summed E-state index contributed by atoms with van der Waals surface area (Å²) in [5.41, 5.74) is 9.81. The van der Waals surface area contributed by atoms with Crippen LogP contribution in [0.5, 0.6) is 0 Å². The first-order valence-corrected chi connectivity index (χ1v) is 6.78. The zero-order valence-electron chi connectivity index (χ0n) is 9.08. The molecule has 1 aliphatic carbocycles. The average Bonchev–Trinajstić information content (AvgIpc) is 3.03. The van der Waals surface area contributed by atoms with Crippen LogP contribution in [0, 0.1) is 0 Å². The Labute approximate surface area is 83.4 Å². The minimum Gasteiger partial charge on any atom is -0.400 e. The molecule has 0 spiro atoms. The van der Waals surface area contributed by atoms with Gasteiger partial charge in [-0.05, 0) is 6.55 Å². The molecule has 0 unspecified atom stereocenters. The first kappa shape index (κ1) is 15.5. The molecule has 0 amide bonds. The van der Waals surface area contributed by atoms with Crippen LogP contribution in [0.2, 0.25) is 6.55 Å². The van der Waals surface area contributed by atoms with Crippen LogP contribution in [-0.2, 0) is 8.85 Å². The van der Waals surface area contributed by atoms with E-state index < -0.39 is 9.28 Å². The van der Waals surface area contributed by atoms with Crippen molar-refractivity contribution < 1.29 is 8.85 Å². The van der Waals surface area contributed by atoms with Gasteiger partial charge < -0.3 is 20.3 Å². The molecule has 1 fully saturated rings. The van der Waals surface area contributed by atoms with Gasteiger partial charge in [0, 0.05) is 27.3 Å². The minimum atomic E-state index is -1.16. The van der Waals surface area contributed by atoms with Crippen LogP contribution in [-0.4, -0.2) is 36.6 Å². The second-order valence-corrected chi connectivity index (χ2v) is 4.76. The summed E-state index contributed by atoms with van der Waals surface area (Å²) in [5, 5.41) is 0. The number of rotatable bonds is 3. The highest BCUT2D eigenvalue weighted by atomic mass is 28.3. The lowest BCUT2D eigenvalue weighted by molar-refractivity contribution is 0.285. The van der Waals surface area contributed by atoms with E-state index in [0.29, 0.717) is 13.1 Å². The van der Waals surface area contributed by atoms with Gasteiger partial charge in [-0.1, -0.05) is 19.3 Å². The van der Waals surface area contributed by atoms with Gasteiger partial charge in [0.25, 0.3) is 0 Å². The number of hydrogen-bond donors (Lipinski definition) is 2. The second kappa shape index (κ2) is 14.6. The van der Waals surface area contributed by atoms with Crippen molar-refractivity contribution in [1.29, 1.82) is 0 Å². The highest BCUT2D eigenvalue weighted by molar-refractivity contribution is 6.42. The van der Waals surface area contributed by atoms with E-state index in [1.165, 1.54) is 19.3 Å². The van der Waals surface area contributed by atoms with E-state index in [2.05, 4.69) is 0 Å². The van der Waals surface area contributed by atoms with Gasteiger partial charge in [-0.3, -0.25) is 0 Å². The van der Waals surface area contributed by atoms with Crippen LogP contribution < -0.4 is 11.5 Å². The third-order valence-corrected chi connectivity index (χ3v) is 2.51. The van der Waals surface area contributed by atoms with Gasteiger partial charge in [-0.15, -0.1) is 0 Å². The Kier molecular flexibility index (Phi) is 17.4. The van der Waals surface area contributed by atoms with Crippen LogP contribution in [0.3, 0.4) is 0 Å². The fourth-order valence-electron chi connectivity index (χ4n) is 0.0962. The van der Waals surface area contributed by atoms with Crippen LogP contribution >= 0.6 is 0 Å². The maximum absolute atomic E-state index is 4.90. The molecule has 0 aromatic heterocycles. The van der Waals surface area contributed by atoms with E-state index in [-0.39, 0.29) is 0 Å². The van der Waals surface area contributed by atoms with Gasteiger partial charge in [0.2, 0.25) is 0 Å². The third-order valence-electron chi connectivity index (χ3n) is 1.18. The second-order valence-electron chi connectivity index (χ2n) is 2.68. The predicted octanol–water partition coefficient (Wildman–Crippen LogP) is 0.204. The molecule has 0 aromatic rings. The number of nitrogens with two attached hydrogens (primary N) is 2. The van der Waals surface area contributed by atoms with Gasteiger partial charge in [0.05, 0.1) is 0 Å². The lowest BCUT2D eigenvalue weighted by Gasteiger charge is -2.00. The summed E-state index contributed by atoms with van der Waals surface area (Å²) in [7, 11) is 2.17. The van der Waals surface area contributed by atoms with Crippen molar-refractivity contribution in [3.63, 3.8) is 0 Å². The quantitative estimate of drug-likeness (QED) is 0.650. The molecule has 0 saturated heterocycles. The van der Waals surface area contributed by atoms with Gasteiger partial charge in [0.1, 0.15) is 0 Å². The Morgan fingerprint density at radius 3 is 1.31 bits per heavy atom. The Balaban J connectivity index is 0. The van der Waals surface area contributed by atoms with E-state index >= 15 is 0 Å². The molecule has 4 nitrogen and oxygen atoms in total. The molecule has 1 aliphatic rings. The standard InChI is InChI=1S/C3H10O2Si.C3H6.C2H8N2/c1-4-6(3)5-2;1-2-3-1;3-1-2-4/h6H,1-3H3;1-3H2;1-4H2. The largest absolute Gasteiger partial charge is 0.400 e. The molecule has 13 heavy (non-hydrogen) atoms. The first-order chi connectivity index (χ1) is 6.22. The maximum Gasteiger partial charge on any atom is 0.317 e. The molecular formula is C8H24N2O2Si. The zero-order chi connectivity index (χ0) is 10.5. The zero-order valence-corrected chi connectivity index (χ0v) is 10.2. The smallest absolute Gasteiger partial charge is 0.317 e. The van der Waals surface area contributed by atoms with E-state index in [1.54, 1.807) is 14.2 Å². The highest BCUT2D eigenvalue weighted by Crippen LogP contribution is 2.14. The molecule has 0 heterocycles. The highest BCUT2D eigenvalue weighted by Gasteiger charge is 1.95. The topological polar surface area (TPSA) is 70.5 Å². The van der Waals surface area contributed by atoms with Gasteiger partial charge >= 0.3 is 9.28 Å². The Morgan fingerprint density at radius 2 is 1.31 bits per heavy atom. The summed E-state index contributed by atoms with van der Waals surface area (Å²) < 4.78 is 9.63. The van der Waals surface area contributed by atoms with E-state index in [9.17, 15) is 0 Å². The average molecular weight is 208 g/mol. The summed E-state index contributed by atoms with van der Waals surface area (Å²) in [4.78, 5) is 0. The molecular weight excluding hydrogens is 184 g/mol. The molecule has 0 aromatic carbocycles. The Morgan fingerprint density at radius 1 is 1.00 bits per heavy atom. The van der Waals surface area contributed by atoms with Crippen molar-refractivity contribution in [1.82, 2.24) is 0 Å². The molecule has 0 aliphatic heterocycles. The maximum atomic E-state index is 4.90. The first-order valence-electron chi connectivity index (χ1n) is 4.68. The summed E-state index contributed by atoms with van der Waals surface area (Å²) >= 11 is 0. The van der Waals surface area contributed by atoms with E-state index in [1.807, 2.05) is 6.55 Å². The lowest BCUT2D eigenvalue weighted by atomic mass is 10.7. The van der Waals surface area contributed by atoms with Crippen LogP contribution in [0.1, 0.15) is 19.3 Å². The van der Waals surface area contributed by atoms with Crippen molar-refractivity contribution >= 4 is 9.28 Å². The Hall–Kier alpha value is 0.0569. The van der Waals surface area contributed by atoms with Gasteiger partial charge in [0.15, 0.2) is 0 Å². The van der Waals surface area contributed by atoms with Gasteiger partial charge in [-0.25, -0.2) is 0 Å². The summed E-state index contributed by atoms with van der Waals surface area (Å²) in [6.45, 7) is 3.17. The lowest BCUT2D eigenvalue weighted by Crippen LogP contribution is -2.12. The molecule has 1 rings (SSSR count). The summed E-state index contributed by atoms with van der Waals surface area (Å²) in [5.74, 6) is 0. The van der Waals surface area contributed by atoms with E-state index in [4.69, 9.17) is 20.3 Å². The van der Waals surface area contributed by atoms with Crippen LogP contribution in [0.15, 0.2) is 0 Å². The SMILES string of the molecule is C1CC1.CO[SiH](C)OC.NCCN. The van der Waals surface area contributed by atoms with Crippen molar-refractivity contribution in [3.8, 4) is 0 Å². The fraction of sp³-hybridized carbons (Fsp3) is 1.00. The molecule has 5 heteroatoms.